The van der Waals surface area contributed by atoms with Gasteiger partial charge in [0.15, 0.2) is 0 Å². The third-order valence-corrected chi connectivity index (χ3v) is 2.43. The van der Waals surface area contributed by atoms with Gasteiger partial charge in [0.25, 0.3) is 0 Å². The SMILES string of the molecule is CC(C)=CCCC(C)CCOC(=O)/C=C\C(=O)O. The van der Waals surface area contributed by atoms with Crippen LogP contribution < -0.4 is 0 Å². The van der Waals surface area contributed by atoms with Gasteiger partial charge in [0.1, 0.15) is 0 Å². The molecule has 0 aliphatic carbocycles. The average Bonchev–Trinajstić information content (AvgIpc) is 2.25. The van der Waals surface area contributed by atoms with Crippen molar-refractivity contribution in [1.82, 2.24) is 0 Å². The van der Waals surface area contributed by atoms with Gasteiger partial charge in [-0.05, 0) is 39.0 Å². The summed E-state index contributed by atoms with van der Waals surface area (Å²) in [4.78, 5) is 21.2. The van der Waals surface area contributed by atoms with Crippen molar-refractivity contribution in [2.24, 2.45) is 5.92 Å². The Balaban J connectivity index is 3.68. The van der Waals surface area contributed by atoms with Crippen molar-refractivity contribution in [1.29, 1.82) is 0 Å². The first-order valence-corrected chi connectivity index (χ1v) is 6.13. The lowest BCUT2D eigenvalue weighted by atomic mass is 10.0. The van der Waals surface area contributed by atoms with E-state index in [1.165, 1.54) is 5.57 Å². The van der Waals surface area contributed by atoms with E-state index in [1.807, 2.05) is 0 Å². The number of carboxylic acid groups (broad SMARTS) is 1. The molecular formula is C14H22O4. The number of aliphatic carboxylic acids is 1. The molecule has 0 heterocycles. The summed E-state index contributed by atoms with van der Waals surface area (Å²) in [5, 5.41) is 8.32. The fraction of sp³-hybridized carbons (Fsp3) is 0.571. The van der Waals surface area contributed by atoms with Gasteiger partial charge in [-0.15, -0.1) is 0 Å². The molecule has 18 heavy (non-hydrogen) atoms. The number of hydrogen-bond donors (Lipinski definition) is 1. The Labute approximate surface area is 108 Å². The monoisotopic (exact) mass is 254 g/mol. The molecule has 0 rings (SSSR count). The quantitative estimate of drug-likeness (QED) is 0.411. The van der Waals surface area contributed by atoms with Crippen molar-refractivity contribution in [2.45, 2.75) is 40.0 Å². The normalized spacial score (nSPS) is 12.2. The Morgan fingerprint density at radius 3 is 2.44 bits per heavy atom. The van der Waals surface area contributed by atoms with Crippen LogP contribution >= 0.6 is 0 Å². The molecule has 0 amide bonds. The maximum absolute atomic E-state index is 11.1. The van der Waals surface area contributed by atoms with Gasteiger partial charge in [-0.25, -0.2) is 9.59 Å². The van der Waals surface area contributed by atoms with Crippen LogP contribution in [0.25, 0.3) is 0 Å². The van der Waals surface area contributed by atoms with E-state index < -0.39 is 11.9 Å². The molecular weight excluding hydrogens is 232 g/mol. The van der Waals surface area contributed by atoms with Gasteiger partial charge < -0.3 is 9.84 Å². The van der Waals surface area contributed by atoms with Gasteiger partial charge in [0.2, 0.25) is 0 Å². The van der Waals surface area contributed by atoms with Gasteiger partial charge in [0, 0.05) is 12.2 Å². The summed E-state index contributed by atoms with van der Waals surface area (Å²) in [6.07, 6.45) is 6.79. The summed E-state index contributed by atoms with van der Waals surface area (Å²) in [6.45, 7) is 6.58. The summed E-state index contributed by atoms with van der Waals surface area (Å²) in [6, 6.07) is 0. The highest BCUT2D eigenvalue weighted by Gasteiger charge is 2.03. The molecule has 4 nitrogen and oxygen atoms in total. The van der Waals surface area contributed by atoms with Crippen molar-refractivity contribution >= 4 is 11.9 Å². The van der Waals surface area contributed by atoms with Crippen LogP contribution in [0, 0.1) is 5.92 Å². The number of carboxylic acids is 1. The topological polar surface area (TPSA) is 63.6 Å². The maximum Gasteiger partial charge on any atom is 0.331 e. The molecule has 1 atom stereocenters. The molecule has 4 heteroatoms. The zero-order chi connectivity index (χ0) is 14.0. The number of carbonyl (C=O) groups excluding carboxylic acids is 1. The standard InChI is InChI=1S/C14H22O4/c1-11(2)5-4-6-12(3)9-10-18-14(17)8-7-13(15)16/h5,7-8,12H,4,6,9-10H2,1-3H3,(H,15,16)/b8-7-. The van der Waals surface area contributed by atoms with Crippen molar-refractivity contribution in [3.05, 3.63) is 23.8 Å². The molecule has 0 radical (unpaired) electrons. The molecule has 0 bridgehead atoms. The van der Waals surface area contributed by atoms with E-state index in [1.54, 1.807) is 0 Å². The summed E-state index contributed by atoms with van der Waals surface area (Å²) in [5.74, 6) is -1.27. The molecule has 0 saturated heterocycles. The van der Waals surface area contributed by atoms with E-state index in [4.69, 9.17) is 9.84 Å². The van der Waals surface area contributed by atoms with Crippen LogP contribution in [0.15, 0.2) is 23.8 Å². The Morgan fingerprint density at radius 2 is 1.89 bits per heavy atom. The second-order valence-electron chi connectivity index (χ2n) is 4.59. The molecule has 0 aromatic heterocycles. The molecule has 0 aliphatic rings. The van der Waals surface area contributed by atoms with E-state index >= 15 is 0 Å². The predicted molar refractivity (Wildman–Crippen MR) is 70.2 cm³/mol. The lowest BCUT2D eigenvalue weighted by Gasteiger charge is -2.09. The van der Waals surface area contributed by atoms with Gasteiger partial charge in [-0.2, -0.15) is 0 Å². The third kappa shape index (κ3) is 10.9. The van der Waals surface area contributed by atoms with Crippen molar-refractivity contribution in [3.63, 3.8) is 0 Å². The van der Waals surface area contributed by atoms with Gasteiger partial charge in [-0.3, -0.25) is 0 Å². The average molecular weight is 254 g/mol. The first-order chi connectivity index (χ1) is 8.41. The lowest BCUT2D eigenvalue weighted by molar-refractivity contribution is -0.139. The van der Waals surface area contributed by atoms with E-state index in [-0.39, 0.29) is 0 Å². The molecule has 0 fully saturated rings. The van der Waals surface area contributed by atoms with Crippen LogP contribution in [0.4, 0.5) is 0 Å². The first kappa shape index (κ1) is 16.4. The van der Waals surface area contributed by atoms with E-state index in [0.29, 0.717) is 12.5 Å². The molecule has 0 spiro atoms. The minimum absolute atomic E-state index is 0.332. The molecule has 102 valence electrons. The Bertz CT molecular complexity index is 325. The minimum Gasteiger partial charge on any atom is -0.478 e. The van der Waals surface area contributed by atoms with Crippen molar-refractivity contribution in [3.8, 4) is 0 Å². The van der Waals surface area contributed by atoms with Gasteiger partial charge in [-0.1, -0.05) is 18.6 Å². The van der Waals surface area contributed by atoms with Crippen molar-refractivity contribution in [2.75, 3.05) is 6.61 Å². The Kier molecular flexibility index (Phi) is 8.62. The number of allylic oxidation sites excluding steroid dienone is 2. The van der Waals surface area contributed by atoms with Crippen LogP contribution in [0.3, 0.4) is 0 Å². The lowest BCUT2D eigenvalue weighted by Crippen LogP contribution is -2.07. The summed E-state index contributed by atoms with van der Waals surface area (Å²) in [5.41, 5.74) is 1.31. The number of rotatable bonds is 8. The van der Waals surface area contributed by atoms with Gasteiger partial charge >= 0.3 is 11.9 Å². The highest BCUT2D eigenvalue weighted by atomic mass is 16.5. The molecule has 0 aromatic rings. The van der Waals surface area contributed by atoms with Crippen LogP contribution in [0.5, 0.6) is 0 Å². The zero-order valence-corrected chi connectivity index (χ0v) is 11.3. The number of ether oxygens (including phenoxy) is 1. The molecule has 0 aliphatic heterocycles. The second kappa shape index (κ2) is 9.45. The smallest absolute Gasteiger partial charge is 0.331 e. The van der Waals surface area contributed by atoms with Crippen LogP contribution in [-0.2, 0) is 14.3 Å². The summed E-state index contributed by atoms with van der Waals surface area (Å²) < 4.78 is 4.89. The highest BCUT2D eigenvalue weighted by Crippen LogP contribution is 2.11. The minimum atomic E-state index is -1.15. The van der Waals surface area contributed by atoms with Crippen LogP contribution in [0.2, 0.25) is 0 Å². The number of carbonyl (C=O) groups is 2. The molecule has 1 unspecified atom stereocenters. The largest absolute Gasteiger partial charge is 0.478 e. The van der Waals surface area contributed by atoms with Crippen molar-refractivity contribution < 1.29 is 19.4 Å². The zero-order valence-electron chi connectivity index (χ0n) is 11.3. The van der Waals surface area contributed by atoms with E-state index in [9.17, 15) is 9.59 Å². The molecule has 1 N–H and O–H groups in total. The third-order valence-electron chi connectivity index (χ3n) is 2.43. The highest BCUT2D eigenvalue weighted by molar-refractivity contribution is 5.90. The number of esters is 1. The Hall–Kier alpha value is -1.58. The number of hydrogen-bond acceptors (Lipinski definition) is 3. The summed E-state index contributed by atoms with van der Waals surface area (Å²) >= 11 is 0. The molecule has 0 saturated carbocycles. The predicted octanol–water partition coefficient (Wildman–Crippen LogP) is 2.94. The fourth-order valence-corrected chi connectivity index (χ4v) is 1.35. The fourth-order valence-electron chi connectivity index (χ4n) is 1.35. The first-order valence-electron chi connectivity index (χ1n) is 6.13. The van der Waals surface area contributed by atoms with E-state index in [0.717, 1.165) is 31.4 Å². The maximum atomic E-state index is 11.1. The van der Waals surface area contributed by atoms with E-state index in [2.05, 4.69) is 26.8 Å². The Morgan fingerprint density at radius 1 is 1.22 bits per heavy atom. The summed E-state index contributed by atoms with van der Waals surface area (Å²) in [7, 11) is 0. The van der Waals surface area contributed by atoms with Crippen LogP contribution in [0.1, 0.15) is 40.0 Å². The second-order valence-corrected chi connectivity index (χ2v) is 4.59. The van der Waals surface area contributed by atoms with Crippen LogP contribution in [-0.4, -0.2) is 23.7 Å². The van der Waals surface area contributed by atoms with Gasteiger partial charge in [0.05, 0.1) is 6.61 Å². The molecule has 0 aromatic carbocycles.